The minimum atomic E-state index is -0.367. The zero-order valence-corrected chi connectivity index (χ0v) is 13.8. The fourth-order valence-corrected chi connectivity index (χ4v) is 4.07. The zero-order chi connectivity index (χ0) is 15.9. The van der Waals surface area contributed by atoms with Crippen molar-refractivity contribution in [3.05, 3.63) is 28.5 Å². The summed E-state index contributed by atoms with van der Waals surface area (Å²) in [5.74, 6) is -0.367. The summed E-state index contributed by atoms with van der Waals surface area (Å²) in [5, 5.41) is 4.01. The molecule has 0 unspecified atom stereocenters. The van der Waals surface area contributed by atoms with E-state index in [-0.39, 0.29) is 23.0 Å². The molecule has 1 aliphatic heterocycles. The number of anilines is 1. The molecule has 1 aromatic rings. The van der Waals surface area contributed by atoms with Gasteiger partial charge in [0, 0.05) is 29.7 Å². The van der Waals surface area contributed by atoms with Gasteiger partial charge in [-0.15, -0.1) is 0 Å². The molecule has 0 bridgehead atoms. The Hall–Kier alpha value is -1.13. The maximum atomic E-state index is 14.5. The summed E-state index contributed by atoms with van der Waals surface area (Å²) in [5.41, 5.74) is 0.639. The van der Waals surface area contributed by atoms with Gasteiger partial charge >= 0.3 is 0 Å². The standard InChI is InChI=1S/C17H22ClFN2O/c1-17(2)10-21(15-6-4-3-5-14(15)20-17)16-8-12(18)11(9-22)7-13(16)19/h7-9,14-15,20H,3-6,10H2,1-2H3/t14-,15+/m1/s1. The maximum absolute atomic E-state index is 14.5. The van der Waals surface area contributed by atoms with Crippen molar-refractivity contribution in [3.8, 4) is 0 Å². The van der Waals surface area contributed by atoms with Crippen LogP contribution in [0.3, 0.4) is 0 Å². The van der Waals surface area contributed by atoms with Gasteiger partial charge in [0.25, 0.3) is 0 Å². The summed E-state index contributed by atoms with van der Waals surface area (Å²) < 4.78 is 14.5. The molecule has 1 N–H and O–H groups in total. The number of halogens is 2. The van der Waals surface area contributed by atoms with Crippen molar-refractivity contribution in [2.45, 2.75) is 57.2 Å². The van der Waals surface area contributed by atoms with Crippen LogP contribution in [0.4, 0.5) is 10.1 Å². The fraction of sp³-hybridized carbons (Fsp3) is 0.588. The van der Waals surface area contributed by atoms with Crippen molar-refractivity contribution >= 4 is 23.6 Å². The normalized spacial score (nSPS) is 27.4. The number of piperazine rings is 1. The Balaban J connectivity index is 2.00. The van der Waals surface area contributed by atoms with E-state index in [4.69, 9.17) is 11.6 Å². The Bertz CT molecular complexity index is 590. The first-order valence-electron chi connectivity index (χ1n) is 7.90. The van der Waals surface area contributed by atoms with Crippen molar-refractivity contribution in [1.29, 1.82) is 0 Å². The number of nitrogens with one attached hydrogen (secondary N) is 1. The lowest BCUT2D eigenvalue weighted by molar-refractivity contribution is 0.112. The minimum Gasteiger partial charge on any atom is -0.363 e. The Morgan fingerprint density at radius 2 is 2.09 bits per heavy atom. The third-order valence-corrected chi connectivity index (χ3v) is 5.10. The van der Waals surface area contributed by atoms with E-state index in [0.29, 0.717) is 23.0 Å². The molecule has 0 aromatic heterocycles. The van der Waals surface area contributed by atoms with Crippen molar-refractivity contribution in [1.82, 2.24) is 5.32 Å². The van der Waals surface area contributed by atoms with Crippen molar-refractivity contribution in [2.75, 3.05) is 11.4 Å². The van der Waals surface area contributed by atoms with Crippen LogP contribution in [0.5, 0.6) is 0 Å². The van der Waals surface area contributed by atoms with Gasteiger partial charge in [0.1, 0.15) is 5.82 Å². The van der Waals surface area contributed by atoms with Gasteiger partial charge in [-0.05, 0) is 38.8 Å². The maximum Gasteiger partial charge on any atom is 0.151 e. The van der Waals surface area contributed by atoms with Crippen molar-refractivity contribution in [3.63, 3.8) is 0 Å². The van der Waals surface area contributed by atoms with E-state index in [0.717, 1.165) is 19.4 Å². The van der Waals surface area contributed by atoms with Crippen LogP contribution in [0.1, 0.15) is 49.9 Å². The van der Waals surface area contributed by atoms with Gasteiger partial charge in [-0.25, -0.2) is 4.39 Å². The number of benzene rings is 1. The predicted octanol–water partition coefficient (Wildman–Crippen LogP) is 3.79. The molecule has 3 rings (SSSR count). The number of carbonyl (C=O) groups excluding carboxylic acids is 1. The molecule has 0 spiro atoms. The SMILES string of the molecule is CC1(C)CN(c2cc(Cl)c(C=O)cc2F)[C@H]2CCCC[C@H]2N1. The number of fused-ring (bicyclic) bond motifs is 1. The molecule has 2 atom stereocenters. The Kier molecular flexibility index (Phi) is 4.17. The van der Waals surface area contributed by atoms with Crippen LogP contribution in [-0.4, -0.2) is 30.5 Å². The van der Waals surface area contributed by atoms with Gasteiger partial charge < -0.3 is 10.2 Å². The van der Waals surface area contributed by atoms with Gasteiger partial charge in [-0.2, -0.15) is 0 Å². The quantitative estimate of drug-likeness (QED) is 0.840. The van der Waals surface area contributed by atoms with E-state index in [9.17, 15) is 9.18 Å². The second kappa shape index (κ2) is 5.82. The summed E-state index contributed by atoms with van der Waals surface area (Å²) in [4.78, 5) is 13.1. The molecule has 0 radical (unpaired) electrons. The molecule has 1 heterocycles. The molecule has 1 aliphatic carbocycles. The minimum absolute atomic E-state index is 0.0826. The van der Waals surface area contributed by atoms with Gasteiger partial charge in [0.2, 0.25) is 0 Å². The van der Waals surface area contributed by atoms with Crippen LogP contribution in [0.25, 0.3) is 0 Å². The first-order valence-corrected chi connectivity index (χ1v) is 8.28. The van der Waals surface area contributed by atoms with Crippen LogP contribution in [0.15, 0.2) is 12.1 Å². The molecule has 3 nitrogen and oxygen atoms in total. The van der Waals surface area contributed by atoms with E-state index in [1.54, 1.807) is 6.07 Å². The van der Waals surface area contributed by atoms with Crippen LogP contribution in [0, 0.1) is 5.82 Å². The second-order valence-corrected chi connectivity index (χ2v) is 7.46. The summed E-state index contributed by atoms with van der Waals surface area (Å²) >= 11 is 6.13. The van der Waals surface area contributed by atoms with Crippen LogP contribution in [-0.2, 0) is 0 Å². The van der Waals surface area contributed by atoms with E-state index in [1.165, 1.54) is 18.9 Å². The predicted molar refractivity (Wildman–Crippen MR) is 87.4 cm³/mol. The zero-order valence-electron chi connectivity index (χ0n) is 13.0. The van der Waals surface area contributed by atoms with E-state index in [2.05, 4.69) is 24.1 Å². The summed E-state index contributed by atoms with van der Waals surface area (Å²) in [6.07, 6.45) is 5.15. The van der Waals surface area contributed by atoms with E-state index < -0.39 is 0 Å². The topological polar surface area (TPSA) is 32.3 Å². The summed E-state index contributed by atoms with van der Waals surface area (Å²) in [7, 11) is 0. The van der Waals surface area contributed by atoms with Gasteiger partial charge in [-0.3, -0.25) is 4.79 Å². The molecular weight excluding hydrogens is 303 g/mol. The molecule has 1 saturated carbocycles. The monoisotopic (exact) mass is 324 g/mol. The molecular formula is C17H22ClFN2O. The first kappa shape index (κ1) is 15.8. The van der Waals surface area contributed by atoms with E-state index >= 15 is 0 Å². The highest BCUT2D eigenvalue weighted by atomic mass is 35.5. The Labute approximate surface area is 135 Å². The molecule has 120 valence electrons. The molecule has 1 saturated heterocycles. The number of hydrogen-bond donors (Lipinski definition) is 1. The molecule has 5 heteroatoms. The lowest BCUT2D eigenvalue weighted by Gasteiger charge is -2.52. The number of aldehydes is 1. The molecule has 2 aliphatic rings. The van der Waals surface area contributed by atoms with Crippen LogP contribution in [0.2, 0.25) is 5.02 Å². The van der Waals surface area contributed by atoms with Gasteiger partial charge in [-0.1, -0.05) is 24.4 Å². The lowest BCUT2D eigenvalue weighted by atomic mass is 9.83. The highest BCUT2D eigenvalue weighted by molar-refractivity contribution is 6.33. The van der Waals surface area contributed by atoms with Crippen molar-refractivity contribution in [2.24, 2.45) is 0 Å². The van der Waals surface area contributed by atoms with Gasteiger partial charge in [0.15, 0.2) is 6.29 Å². The van der Waals surface area contributed by atoms with Crippen molar-refractivity contribution < 1.29 is 9.18 Å². The van der Waals surface area contributed by atoms with Gasteiger partial charge in [0.05, 0.1) is 10.7 Å². The third kappa shape index (κ3) is 2.86. The number of hydrogen-bond acceptors (Lipinski definition) is 3. The molecule has 0 amide bonds. The fourth-order valence-electron chi connectivity index (χ4n) is 3.87. The largest absolute Gasteiger partial charge is 0.363 e. The second-order valence-electron chi connectivity index (χ2n) is 7.06. The van der Waals surface area contributed by atoms with E-state index in [1.807, 2.05) is 0 Å². The first-order chi connectivity index (χ1) is 10.4. The third-order valence-electron chi connectivity index (χ3n) is 4.77. The lowest BCUT2D eigenvalue weighted by Crippen LogP contribution is -2.67. The number of nitrogens with zero attached hydrogens (tertiary/aromatic N) is 1. The molecule has 1 aromatic carbocycles. The average Bonchev–Trinajstić information content (AvgIpc) is 2.47. The number of rotatable bonds is 2. The smallest absolute Gasteiger partial charge is 0.151 e. The Morgan fingerprint density at radius 3 is 2.82 bits per heavy atom. The summed E-state index contributed by atoms with van der Waals surface area (Å²) in [6.45, 7) is 5.01. The molecule has 22 heavy (non-hydrogen) atoms. The highest BCUT2D eigenvalue weighted by Crippen LogP contribution is 2.36. The van der Waals surface area contributed by atoms with Crippen LogP contribution < -0.4 is 10.2 Å². The summed E-state index contributed by atoms with van der Waals surface area (Å²) in [6, 6.07) is 3.52. The average molecular weight is 325 g/mol. The van der Waals surface area contributed by atoms with Crippen LogP contribution >= 0.6 is 11.6 Å². The Morgan fingerprint density at radius 1 is 1.36 bits per heavy atom. The number of carbonyl (C=O) groups is 1. The highest BCUT2D eigenvalue weighted by Gasteiger charge is 2.41. The molecule has 2 fully saturated rings.